The van der Waals surface area contributed by atoms with Crippen molar-refractivity contribution in [1.29, 1.82) is 0 Å². The quantitative estimate of drug-likeness (QED) is 0.646. The highest BCUT2D eigenvalue weighted by molar-refractivity contribution is 5.84. The number of hydrogen-bond acceptors (Lipinski definition) is 5. The van der Waals surface area contributed by atoms with Crippen LogP contribution in [0.25, 0.3) is 10.9 Å². The number of hydrogen-bond donors (Lipinski definition) is 0. The summed E-state index contributed by atoms with van der Waals surface area (Å²) in [6.45, 7) is 16.8. The van der Waals surface area contributed by atoms with Gasteiger partial charge in [-0.3, -0.25) is 19.7 Å². The number of morpholine rings is 1. The predicted octanol–water partition coefficient (Wildman–Crippen LogP) is 3.81. The minimum Gasteiger partial charge on any atom is -0.379 e. The van der Waals surface area contributed by atoms with Gasteiger partial charge >= 0.3 is 0 Å². The van der Waals surface area contributed by atoms with E-state index in [2.05, 4.69) is 59.2 Å². The first-order valence-electron chi connectivity index (χ1n) is 13.7. The van der Waals surface area contributed by atoms with Crippen LogP contribution in [0.4, 0.5) is 0 Å². The summed E-state index contributed by atoms with van der Waals surface area (Å²) >= 11 is 0. The van der Waals surface area contributed by atoms with Crippen molar-refractivity contribution < 1.29 is 4.74 Å². The number of nitrogens with zero attached hydrogens (tertiary/aromatic N) is 5. The number of fused-ring (bicyclic) bond motifs is 1. The Labute approximate surface area is 206 Å². The summed E-state index contributed by atoms with van der Waals surface area (Å²) in [7, 11) is 2.24. The number of aryl methyl sites for hydroxylation is 2. The molecule has 2 aromatic rings. The van der Waals surface area contributed by atoms with Crippen molar-refractivity contribution in [2.75, 3.05) is 59.0 Å². The van der Waals surface area contributed by atoms with E-state index in [4.69, 9.17) is 9.72 Å². The molecule has 3 fully saturated rings. The van der Waals surface area contributed by atoms with Crippen molar-refractivity contribution in [2.24, 2.45) is 7.05 Å². The Morgan fingerprint density at radius 2 is 1.68 bits per heavy atom. The average molecular weight is 468 g/mol. The predicted molar refractivity (Wildman–Crippen MR) is 140 cm³/mol. The lowest BCUT2D eigenvalue weighted by Crippen LogP contribution is -2.52. The Bertz CT molecular complexity index is 947. The largest absolute Gasteiger partial charge is 0.379 e. The minimum atomic E-state index is 0.602. The van der Waals surface area contributed by atoms with Crippen LogP contribution < -0.4 is 0 Å². The van der Waals surface area contributed by atoms with Crippen molar-refractivity contribution in [3.05, 3.63) is 29.2 Å². The lowest BCUT2D eigenvalue weighted by molar-refractivity contribution is 0.0383. The summed E-state index contributed by atoms with van der Waals surface area (Å²) in [5.41, 5.74) is 5.33. The standard InChI is InChI=1S/C28H45N5O/c1-21(2)32-11-13-33(14-12-32)24-7-5-23(6-8-24)28-26-20-25(9-10-31-15-17-34-18-16-31)30(4)27(26)19-22(3)29-28/h19-21,23-24H,5-18H2,1-4H3/t23-,24+. The summed E-state index contributed by atoms with van der Waals surface area (Å²) in [5.74, 6) is 0.602. The zero-order valence-electron chi connectivity index (χ0n) is 21.9. The number of ether oxygens (including phenoxy) is 1. The molecule has 0 aromatic carbocycles. The Hall–Kier alpha value is -1.47. The number of rotatable bonds is 6. The molecular formula is C28H45N5O. The lowest BCUT2D eigenvalue weighted by Gasteiger charge is -2.43. The Kier molecular flexibility index (Phi) is 7.59. The third-order valence-corrected chi connectivity index (χ3v) is 8.76. The Balaban J connectivity index is 1.25. The maximum Gasteiger partial charge on any atom is 0.0594 e. The summed E-state index contributed by atoms with van der Waals surface area (Å²) in [6, 6.07) is 6.19. The van der Waals surface area contributed by atoms with Crippen molar-refractivity contribution in [3.8, 4) is 0 Å². The van der Waals surface area contributed by atoms with Crippen LogP contribution in [0.2, 0.25) is 0 Å². The van der Waals surface area contributed by atoms with Crippen molar-refractivity contribution >= 4 is 10.9 Å². The van der Waals surface area contributed by atoms with Crippen LogP contribution in [0.15, 0.2) is 12.1 Å². The topological polar surface area (TPSA) is 36.8 Å². The van der Waals surface area contributed by atoms with E-state index in [1.165, 1.54) is 74.2 Å². The molecule has 0 radical (unpaired) electrons. The van der Waals surface area contributed by atoms with Crippen molar-refractivity contribution in [1.82, 2.24) is 24.3 Å². The van der Waals surface area contributed by atoms with E-state index in [9.17, 15) is 0 Å². The van der Waals surface area contributed by atoms with Gasteiger partial charge in [0.05, 0.1) is 24.4 Å². The van der Waals surface area contributed by atoms with E-state index >= 15 is 0 Å². The van der Waals surface area contributed by atoms with Crippen LogP contribution in [0.5, 0.6) is 0 Å². The zero-order chi connectivity index (χ0) is 23.7. The maximum atomic E-state index is 5.52. The molecule has 2 aliphatic heterocycles. The lowest BCUT2D eigenvalue weighted by atomic mass is 9.82. The van der Waals surface area contributed by atoms with E-state index in [0.29, 0.717) is 12.0 Å². The molecule has 0 unspecified atom stereocenters. The van der Waals surface area contributed by atoms with Gasteiger partial charge in [0.2, 0.25) is 0 Å². The first-order valence-corrected chi connectivity index (χ1v) is 13.7. The smallest absolute Gasteiger partial charge is 0.0594 e. The molecule has 34 heavy (non-hydrogen) atoms. The second-order valence-electron chi connectivity index (χ2n) is 11.2. The van der Waals surface area contributed by atoms with Crippen LogP contribution in [0, 0.1) is 6.92 Å². The third-order valence-electron chi connectivity index (χ3n) is 8.76. The van der Waals surface area contributed by atoms with E-state index in [0.717, 1.165) is 51.0 Å². The highest BCUT2D eigenvalue weighted by Gasteiger charge is 2.31. The van der Waals surface area contributed by atoms with Gasteiger partial charge in [-0.1, -0.05) is 0 Å². The molecule has 3 aliphatic rings. The molecule has 0 N–H and O–H groups in total. The van der Waals surface area contributed by atoms with Gasteiger partial charge in [0, 0.05) is 94.1 Å². The van der Waals surface area contributed by atoms with Gasteiger partial charge in [0.1, 0.15) is 0 Å². The molecule has 1 saturated carbocycles. The molecule has 0 atom stereocenters. The van der Waals surface area contributed by atoms with Gasteiger partial charge in [-0.2, -0.15) is 0 Å². The fourth-order valence-corrected chi connectivity index (χ4v) is 6.51. The van der Waals surface area contributed by atoms with Crippen LogP contribution in [-0.4, -0.2) is 95.4 Å². The second-order valence-corrected chi connectivity index (χ2v) is 11.2. The van der Waals surface area contributed by atoms with E-state index in [1.54, 1.807) is 0 Å². The van der Waals surface area contributed by atoms with Crippen LogP contribution in [0.3, 0.4) is 0 Å². The molecule has 6 heteroatoms. The molecule has 2 aromatic heterocycles. The SMILES string of the molecule is Cc1cc2c(cc(CCN3CCOCC3)n2C)c([C@H]2CC[C@@H](N3CCN(C(C)C)CC3)CC2)n1. The first kappa shape index (κ1) is 24.2. The van der Waals surface area contributed by atoms with E-state index in [-0.39, 0.29) is 0 Å². The molecule has 0 bridgehead atoms. The van der Waals surface area contributed by atoms with Crippen molar-refractivity contribution in [2.45, 2.75) is 70.9 Å². The summed E-state index contributed by atoms with van der Waals surface area (Å²) in [5, 5.41) is 1.40. The molecule has 4 heterocycles. The number of piperazine rings is 1. The molecular weight excluding hydrogens is 422 g/mol. The highest BCUT2D eigenvalue weighted by atomic mass is 16.5. The summed E-state index contributed by atoms with van der Waals surface area (Å²) in [4.78, 5) is 13.1. The Morgan fingerprint density at radius 1 is 0.971 bits per heavy atom. The van der Waals surface area contributed by atoms with Crippen LogP contribution in [0.1, 0.15) is 62.5 Å². The number of pyridine rings is 1. The van der Waals surface area contributed by atoms with Gasteiger partial charge < -0.3 is 9.30 Å². The van der Waals surface area contributed by atoms with Crippen LogP contribution >= 0.6 is 0 Å². The fourth-order valence-electron chi connectivity index (χ4n) is 6.51. The molecule has 5 rings (SSSR count). The molecule has 0 spiro atoms. The van der Waals surface area contributed by atoms with Crippen molar-refractivity contribution in [3.63, 3.8) is 0 Å². The fraction of sp³-hybridized carbons (Fsp3) is 0.750. The normalized spacial score (nSPS) is 26.0. The molecule has 1 aliphatic carbocycles. The van der Waals surface area contributed by atoms with Crippen LogP contribution in [-0.2, 0) is 18.2 Å². The monoisotopic (exact) mass is 467 g/mol. The molecule has 188 valence electrons. The van der Waals surface area contributed by atoms with Gasteiger partial charge in [0.15, 0.2) is 0 Å². The van der Waals surface area contributed by atoms with E-state index in [1.807, 2.05) is 0 Å². The summed E-state index contributed by atoms with van der Waals surface area (Å²) in [6.07, 6.45) is 6.29. The average Bonchev–Trinajstić information content (AvgIpc) is 3.18. The Morgan fingerprint density at radius 3 is 2.35 bits per heavy atom. The van der Waals surface area contributed by atoms with Gasteiger partial charge in [-0.15, -0.1) is 0 Å². The highest BCUT2D eigenvalue weighted by Crippen LogP contribution is 2.38. The third kappa shape index (κ3) is 5.20. The second kappa shape index (κ2) is 10.7. The van der Waals surface area contributed by atoms with E-state index < -0.39 is 0 Å². The first-order chi connectivity index (χ1) is 16.5. The minimum absolute atomic E-state index is 0.602. The zero-order valence-corrected chi connectivity index (χ0v) is 21.9. The molecule has 0 amide bonds. The molecule has 6 nitrogen and oxygen atoms in total. The van der Waals surface area contributed by atoms with Gasteiger partial charge in [0.25, 0.3) is 0 Å². The van der Waals surface area contributed by atoms with Gasteiger partial charge in [-0.25, -0.2) is 0 Å². The van der Waals surface area contributed by atoms with Gasteiger partial charge in [-0.05, 0) is 58.6 Å². The molecule has 2 saturated heterocycles. The number of aromatic nitrogens is 2. The maximum absolute atomic E-state index is 5.52. The summed E-state index contributed by atoms with van der Waals surface area (Å²) < 4.78 is 7.94.